The smallest absolute Gasteiger partial charge is 0.211 e. The van der Waals surface area contributed by atoms with Gasteiger partial charge in [0.05, 0.1) is 28.9 Å². The molecule has 0 spiro atoms. The molecule has 0 atom stereocenters. The van der Waals surface area contributed by atoms with Crippen molar-refractivity contribution in [1.82, 2.24) is 23.4 Å². The summed E-state index contributed by atoms with van der Waals surface area (Å²) in [6.07, 6.45) is 5.31. The van der Waals surface area contributed by atoms with Crippen molar-refractivity contribution >= 4 is 43.2 Å². The Morgan fingerprint density at radius 1 is 1.00 bits per heavy atom. The molecule has 0 saturated heterocycles. The number of sulfonamides is 1. The molecule has 0 amide bonds. The van der Waals surface area contributed by atoms with Gasteiger partial charge in [0, 0.05) is 28.8 Å². The fraction of sp³-hybridized carbons (Fsp3) is 0.375. The third-order valence-corrected chi connectivity index (χ3v) is 9.33. The van der Waals surface area contributed by atoms with Crippen LogP contribution in [-0.4, -0.2) is 38.1 Å². The van der Waals surface area contributed by atoms with Crippen LogP contribution in [-0.2, 0) is 23.1 Å². The second-order valence-electron chi connectivity index (χ2n) is 9.23. The maximum atomic E-state index is 12.4. The molecule has 10 heteroatoms. The number of nitrogens with zero attached hydrogens (tertiary/aromatic N) is 5. The molecule has 2 aromatic heterocycles. The third-order valence-electron chi connectivity index (χ3n) is 7.06. The Balaban J connectivity index is 1.32. The van der Waals surface area contributed by atoms with Crippen LogP contribution >= 0.6 is 23.1 Å². The van der Waals surface area contributed by atoms with E-state index in [1.54, 1.807) is 11.5 Å². The lowest BCUT2D eigenvalue weighted by Gasteiger charge is -2.28. The summed E-state index contributed by atoms with van der Waals surface area (Å²) in [4.78, 5) is 0. The molecule has 1 fully saturated rings. The van der Waals surface area contributed by atoms with Gasteiger partial charge in [-0.15, -0.1) is 10.2 Å². The first-order valence-corrected chi connectivity index (χ1v) is 14.4. The number of rotatable bonds is 3. The van der Waals surface area contributed by atoms with Crippen LogP contribution in [0.15, 0.2) is 42.5 Å². The molecular weight excluding hydrogens is 490 g/mol. The minimum Gasteiger partial charge on any atom is -0.281 e. The first kappa shape index (κ1) is 22.2. The molecule has 34 heavy (non-hydrogen) atoms. The molecule has 2 aliphatic rings. The Kier molecular flexibility index (Phi) is 5.48. The lowest BCUT2D eigenvalue weighted by molar-refractivity contribution is 0.379. The molecule has 7 nitrogen and oxygen atoms in total. The topological polar surface area (TPSA) is 81.0 Å². The number of aromatic nitrogens is 4. The van der Waals surface area contributed by atoms with E-state index >= 15 is 0 Å². The van der Waals surface area contributed by atoms with E-state index in [1.807, 2.05) is 18.2 Å². The van der Waals surface area contributed by atoms with Crippen molar-refractivity contribution in [2.75, 3.05) is 6.26 Å². The highest BCUT2D eigenvalue weighted by atomic mass is 35.5. The number of hydrogen-bond donors (Lipinski definition) is 0. The van der Waals surface area contributed by atoms with Crippen molar-refractivity contribution in [3.05, 3.63) is 70.4 Å². The Bertz CT molecular complexity index is 1490. The maximum Gasteiger partial charge on any atom is 0.211 e. The first-order valence-electron chi connectivity index (χ1n) is 11.4. The van der Waals surface area contributed by atoms with Gasteiger partial charge in [-0.05, 0) is 67.0 Å². The molecule has 176 valence electrons. The van der Waals surface area contributed by atoms with Crippen molar-refractivity contribution in [3.63, 3.8) is 0 Å². The van der Waals surface area contributed by atoms with Gasteiger partial charge in [0.15, 0.2) is 5.82 Å². The van der Waals surface area contributed by atoms with E-state index in [4.69, 9.17) is 16.0 Å². The van der Waals surface area contributed by atoms with Crippen LogP contribution in [0.5, 0.6) is 0 Å². The third kappa shape index (κ3) is 3.84. The van der Waals surface area contributed by atoms with Crippen LogP contribution in [0, 0.1) is 0 Å². The zero-order valence-corrected chi connectivity index (χ0v) is 21.1. The standard InChI is InChI=1S/C24H24ClN5O2S2/c1-34(31,32)29-13-17-12-18(25)10-11-20(17)30-22(14-29)26-27-24(30)16-8-6-15(7-9-16)23-19-4-2-3-5-21(19)33-28-23/h2-5,10-12,15-16H,6-9,13-14H2,1H3/t15-,16-. The Morgan fingerprint density at radius 3 is 2.56 bits per heavy atom. The van der Waals surface area contributed by atoms with Crippen molar-refractivity contribution in [2.45, 2.75) is 50.6 Å². The summed E-state index contributed by atoms with van der Waals surface area (Å²) < 4.78 is 34.4. The largest absolute Gasteiger partial charge is 0.281 e. The monoisotopic (exact) mass is 513 g/mol. The molecular formula is C24H24ClN5O2S2. The average molecular weight is 514 g/mol. The quantitative estimate of drug-likeness (QED) is 0.374. The van der Waals surface area contributed by atoms with Crippen LogP contribution in [0.25, 0.3) is 15.8 Å². The number of fused-ring (bicyclic) bond motifs is 4. The van der Waals surface area contributed by atoms with Crippen LogP contribution < -0.4 is 0 Å². The molecule has 0 N–H and O–H groups in total. The van der Waals surface area contributed by atoms with Crippen molar-refractivity contribution in [1.29, 1.82) is 0 Å². The van der Waals surface area contributed by atoms with Gasteiger partial charge in [0.2, 0.25) is 10.0 Å². The fourth-order valence-electron chi connectivity index (χ4n) is 5.32. The van der Waals surface area contributed by atoms with E-state index in [0.717, 1.165) is 42.8 Å². The molecule has 2 aromatic carbocycles. The lowest BCUT2D eigenvalue weighted by Crippen LogP contribution is -2.28. The summed E-state index contributed by atoms with van der Waals surface area (Å²) in [5.74, 6) is 2.27. The Hall–Kier alpha value is -2.33. The zero-order valence-electron chi connectivity index (χ0n) is 18.7. The second kappa shape index (κ2) is 8.41. The fourth-order valence-corrected chi connectivity index (χ4v) is 7.09. The predicted octanol–water partition coefficient (Wildman–Crippen LogP) is 5.25. The van der Waals surface area contributed by atoms with Gasteiger partial charge < -0.3 is 0 Å². The number of benzene rings is 2. The molecule has 4 aromatic rings. The second-order valence-corrected chi connectivity index (χ2v) is 12.5. The summed E-state index contributed by atoms with van der Waals surface area (Å²) >= 11 is 7.86. The minimum absolute atomic E-state index is 0.193. The molecule has 0 unspecified atom stereocenters. The van der Waals surface area contributed by atoms with Crippen molar-refractivity contribution in [3.8, 4) is 5.69 Å². The van der Waals surface area contributed by atoms with E-state index in [2.05, 4.69) is 39.0 Å². The summed E-state index contributed by atoms with van der Waals surface area (Å²) in [6.45, 7) is 0.458. The molecule has 1 aliphatic carbocycles. The first-order chi connectivity index (χ1) is 16.4. The lowest BCUT2D eigenvalue weighted by atomic mass is 9.79. The van der Waals surface area contributed by atoms with Gasteiger partial charge in [-0.3, -0.25) is 4.57 Å². The van der Waals surface area contributed by atoms with Gasteiger partial charge in [-0.25, -0.2) is 8.42 Å². The SMILES string of the molecule is CS(=O)(=O)N1Cc2cc(Cl)ccc2-n2c(nnc2[C@H]2CC[C@H](c3nsc4ccccc43)CC2)C1. The van der Waals surface area contributed by atoms with E-state index < -0.39 is 10.0 Å². The summed E-state index contributed by atoms with van der Waals surface area (Å²) in [7, 11) is -3.41. The van der Waals surface area contributed by atoms with Gasteiger partial charge in [-0.2, -0.15) is 8.68 Å². The average Bonchev–Trinajstić information content (AvgIpc) is 3.39. The minimum atomic E-state index is -3.41. The number of hydrogen-bond acceptors (Lipinski definition) is 6. The molecule has 1 saturated carbocycles. The van der Waals surface area contributed by atoms with E-state index in [-0.39, 0.29) is 19.0 Å². The summed E-state index contributed by atoms with van der Waals surface area (Å²) in [5, 5.41) is 10.9. The van der Waals surface area contributed by atoms with E-state index in [1.165, 1.54) is 26.3 Å². The van der Waals surface area contributed by atoms with Gasteiger partial charge in [-0.1, -0.05) is 29.8 Å². The molecule has 6 rings (SSSR count). The predicted molar refractivity (Wildman–Crippen MR) is 134 cm³/mol. The number of halogens is 1. The zero-order chi connectivity index (χ0) is 23.4. The highest BCUT2D eigenvalue weighted by Crippen LogP contribution is 2.43. The molecule has 3 heterocycles. The molecule has 0 bridgehead atoms. The van der Waals surface area contributed by atoms with E-state index in [9.17, 15) is 8.42 Å². The molecule has 0 radical (unpaired) electrons. The molecule has 1 aliphatic heterocycles. The van der Waals surface area contributed by atoms with Crippen molar-refractivity contribution < 1.29 is 8.42 Å². The highest BCUT2D eigenvalue weighted by Gasteiger charge is 2.33. The maximum absolute atomic E-state index is 12.4. The van der Waals surface area contributed by atoms with Crippen LogP contribution in [0.1, 0.15) is 60.4 Å². The summed E-state index contributed by atoms with van der Waals surface area (Å²) in [6, 6.07) is 14.1. The Morgan fingerprint density at radius 2 is 1.76 bits per heavy atom. The van der Waals surface area contributed by atoms with E-state index in [0.29, 0.717) is 16.8 Å². The van der Waals surface area contributed by atoms with Crippen LogP contribution in [0.4, 0.5) is 0 Å². The summed E-state index contributed by atoms with van der Waals surface area (Å²) in [5.41, 5.74) is 3.00. The highest BCUT2D eigenvalue weighted by molar-refractivity contribution is 7.88. The Labute approximate surface area is 207 Å². The van der Waals surface area contributed by atoms with Gasteiger partial charge >= 0.3 is 0 Å². The van der Waals surface area contributed by atoms with Crippen molar-refractivity contribution in [2.24, 2.45) is 0 Å². The van der Waals surface area contributed by atoms with Crippen LogP contribution in [0.3, 0.4) is 0 Å². The van der Waals surface area contributed by atoms with Crippen LogP contribution in [0.2, 0.25) is 5.02 Å². The normalized spacial score (nSPS) is 21.2. The van der Waals surface area contributed by atoms with Gasteiger partial charge in [0.25, 0.3) is 0 Å². The van der Waals surface area contributed by atoms with Gasteiger partial charge in [0.1, 0.15) is 5.82 Å².